The number of ether oxygens (including phenoxy) is 2. The second-order valence-corrected chi connectivity index (χ2v) is 8.45. The van der Waals surface area contributed by atoms with Crippen molar-refractivity contribution >= 4 is 23.4 Å². The number of para-hydroxylation sites is 1. The molecule has 3 aromatic carbocycles. The van der Waals surface area contributed by atoms with Crippen molar-refractivity contribution in [2.45, 2.75) is 24.9 Å². The summed E-state index contributed by atoms with van der Waals surface area (Å²) in [7, 11) is 0. The molecule has 1 aliphatic heterocycles. The summed E-state index contributed by atoms with van der Waals surface area (Å²) in [6.45, 7) is 1.99. The average Bonchev–Trinajstić information content (AvgIpc) is 3.02. The van der Waals surface area contributed by atoms with Crippen molar-refractivity contribution in [3.8, 4) is 22.9 Å². The monoisotopic (exact) mass is 470 g/mol. The van der Waals surface area contributed by atoms with E-state index in [0.717, 1.165) is 22.4 Å². The number of nitrogens with zero attached hydrogens (tertiary/aromatic N) is 4. The Balaban J connectivity index is 1.51. The lowest BCUT2D eigenvalue weighted by atomic mass is 10.1. The first kappa shape index (κ1) is 21.9. The largest absolute Gasteiger partial charge is 0.489 e. The summed E-state index contributed by atoms with van der Waals surface area (Å²) in [6.07, 6.45) is 1.15. The Labute approximate surface area is 201 Å². The Morgan fingerprint density at radius 1 is 1.00 bits per heavy atom. The minimum atomic E-state index is -0.727. The Kier molecular flexibility index (Phi) is 6.14. The summed E-state index contributed by atoms with van der Waals surface area (Å²) in [5.41, 5.74) is 3.81. The highest BCUT2D eigenvalue weighted by atomic mass is 32.2. The molecule has 1 aromatic heterocycles. The number of rotatable bonds is 5. The normalized spacial score (nSPS) is 14.4. The summed E-state index contributed by atoms with van der Waals surface area (Å²) in [5, 5.41) is 9.04. The number of carbonyl (C=O) groups excluding carboxylic acids is 1. The lowest BCUT2D eigenvalue weighted by Crippen LogP contribution is -2.36. The van der Waals surface area contributed by atoms with Crippen LogP contribution in [0.5, 0.6) is 11.6 Å². The molecule has 8 heteroatoms. The van der Waals surface area contributed by atoms with Gasteiger partial charge < -0.3 is 9.47 Å². The number of thioether (sulfide) groups is 1. The van der Waals surface area contributed by atoms with E-state index in [1.54, 1.807) is 4.90 Å². The van der Waals surface area contributed by atoms with Crippen LogP contribution in [-0.2, 0) is 11.4 Å². The van der Waals surface area contributed by atoms with Gasteiger partial charge in [-0.15, -0.1) is 10.2 Å². The number of hydrogen-bond acceptors (Lipinski definition) is 7. The zero-order valence-corrected chi connectivity index (χ0v) is 19.5. The second-order valence-electron chi connectivity index (χ2n) is 7.67. The van der Waals surface area contributed by atoms with Crippen molar-refractivity contribution in [3.05, 3.63) is 90.0 Å². The molecule has 0 radical (unpaired) electrons. The number of aromatic nitrogens is 3. The van der Waals surface area contributed by atoms with E-state index in [9.17, 15) is 4.79 Å². The van der Waals surface area contributed by atoms with E-state index in [1.165, 1.54) is 18.7 Å². The minimum Gasteiger partial charge on any atom is -0.489 e. The van der Waals surface area contributed by atoms with Gasteiger partial charge in [0.05, 0.1) is 5.69 Å². The van der Waals surface area contributed by atoms with Crippen LogP contribution in [0.2, 0.25) is 0 Å². The van der Waals surface area contributed by atoms with Crippen LogP contribution in [0.3, 0.4) is 0 Å². The minimum absolute atomic E-state index is 0.160. The molecule has 0 aliphatic carbocycles. The predicted octanol–water partition coefficient (Wildman–Crippen LogP) is 5.28. The number of fused-ring (bicyclic) bond motifs is 3. The van der Waals surface area contributed by atoms with E-state index in [2.05, 4.69) is 15.2 Å². The number of anilines is 1. The molecule has 1 atom stereocenters. The first-order chi connectivity index (χ1) is 16.6. The highest BCUT2D eigenvalue weighted by Crippen LogP contribution is 2.43. The van der Waals surface area contributed by atoms with E-state index >= 15 is 0 Å². The van der Waals surface area contributed by atoms with Crippen molar-refractivity contribution in [2.24, 2.45) is 0 Å². The third kappa shape index (κ3) is 4.32. The Bertz CT molecular complexity index is 1320. The highest BCUT2D eigenvalue weighted by molar-refractivity contribution is 7.98. The topological polar surface area (TPSA) is 77.4 Å². The molecule has 1 aliphatic rings. The zero-order valence-electron chi connectivity index (χ0n) is 18.7. The molecule has 2 heterocycles. The third-order valence-corrected chi connectivity index (χ3v) is 5.99. The summed E-state index contributed by atoms with van der Waals surface area (Å²) in [6, 6.07) is 25.1. The lowest BCUT2D eigenvalue weighted by Gasteiger charge is -2.30. The fourth-order valence-corrected chi connectivity index (χ4v) is 4.12. The number of amides is 1. The number of carbonyl (C=O) groups is 1. The summed E-state index contributed by atoms with van der Waals surface area (Å²) in [4.78, 5) is 19.0. The van der Waals surface area contributed by atoms with Gasteiger partial charge in [0, 0.05) is 18.1 Å². The van der Waals surface area contributed by atoms with E-state index < -0.39 is 6.23 Å². The van der Waals surface area contributed by atoms with Crippen molar-refractivity contribution in [1.29, 1.82) is 0 Å². The molecule has 5 rings (SSSR count). The van der Waals surface area contributed by atoms with Gasteiger partial charge in [0.15, 0.2) is 5.69 Å². The molecule has 0 N–H and O–H groups in total. The van der Waals surface area contributed by atoms with Crippen LogP contribution in [0.15, 0.2) is 84.0 Å². The smallest absolute Gasteiger partial charge is 0.247 e. The fraction of sp³-hybridized carbons (Fsp3) is 0.154. The van der Waals surface area contributed by atoms with Crippen molar-refractivity contribution in [3.63, 3.8) is 0 Å². The molecule has 34 heavy (non-hydrogen) atoms. The third-order valence-electron chi connectivity index (χ3n) is 5.45. The van der Waals surface area contributed by atoms with Crippen LogP contribution in [-0.4, -0.2) is 27.3 Å². The molecule has 0 spiro atoms. The zero-order chi connectivity index (χ0) is 23.5. The quantitative estimate of drug-likeness (QED) is 0.367. The maximum absolute atomic E-state index is 12.9. The number of benzene rings is 3. The second kappa shape index (κ2) is 9.52. The van der Waals surface area contributed by atoms with Crippen LogP contribution < -0.4 is 14.4 Å². The van der Waals surface area contributed by atoms with Gasteiger partial charge in [-0.25, -0.2) is 0 Å². The molecule has 0 fully saturated rings. The fourth-order valence-electron chi connectivity index (χ4n) is 3.83. The highest BCUT2D eigenvalue weighted by Gasteiger charge is 2.34. The number of hydrogen-bond donors (Lipinski definition) is 0. The van der Waals surface area contributed by atoms with E-state index in [0.29, 0.717) is 29.0 Å². The SMILES string of the molecule is CSc1nnc2c(n1)OC(c1ccc(OCc3ccccc3)cc1)N(C(C)=O)c1ccccc1-2. The molecular formula is C26H22N4O3S. The molecule has 170 valence electrons. The van der Waals surface area contributed by atoms with Gasteiger partial charge in [0.2, 0.25) is 23.2 Å². The van der Waals surface area contributed by atoms with Crippen molar-refractivity contribution < 1.29 is 14.3 Å². The molecular weight excluding hydrogens is 448 g/mol. The molecule has 0 saturated heterocycles. The Morgan fingerprint density at radius 2 is 1.74 bits per heavy atom. The summed E-state index contributed by atoms with van der Waals surface area (Å²) >= 11 is 1.38. The predicted molar refractivity (Wildman–Crippen MR) is 131 cm³/mol. The molecule has 0 bridgehead atoms. The lowest BCUT2D eigenvalue weighted by molar-refractivity contribution is -0.118. The first-order valence-electron chi connectivity index (χ1n) is 10.8. The molecule has 1 unspecified atom stereocenters. The van der Waals surface area contributed by atoms with Gasteiger partial charge in [-0.1, -0.05) is 60.3 Å². The van der Waals surface area contributed by atoms with Gasteiger partial charge >= 0.3 is 0 Å². The molecule has 1 amide bonds. The van der Waals surface area contributed by atoms with Gasteiger partial charge in [0.25, 0.3) is 0 Å². The first-order valence-corrected chi connectivity index (χ1v) is 12.0. The van der Waals surface area contributed by atoms with E-state index in [1.807, 2.05) is 85.1 Å². The van der Waals surface area contributed by atoms with Gasteiger partial charge in [-0.05, 0) is 42.2 Å². The summed E-state index contributed by atoms with van der Waals surface area (Å²) in [5.74, 6) is 0.905. The van der Waals surface area contributed by atoms with Crippen LogP contribution in [0.1, 0.15) is 24.3 Å². The Morgan fingerprint density at radius 3 is 2.47 bits per heavy atom. The van der Waals surface area contributed by atoms with Crippen LogP contribution in [0.4, 0.5) is 5.69 Å². The summed E-state index contributed by atoms with van der Waals surface area (Å²) < 4.78 is 12.3. The maximum atomic E-state index is 12.9. The van der Waals surface area contributed by atoms with Crippen LogP contribution >= 0.6 is 11.8 Å². The molecule has 7 nitrogen and oxygen atoms in total. The standard InChI is InChI=1S/C26H22N4O3S/c1-17(31)30-22-11-7-6-10-21(22)23-24(27-26(34-2)29-28-23)33-25(30)19-12-14-20(15-13-19)32-16-18-8-4-3-5-9-18/h3-15,25H,16H2,1-2H3. The molecule has 4 aromatic rings. The van der Waals surface area contributed by atoms with E-state index in [-0.39, 0.29) is 5.91 Å². The van der Waals surface area contributed by atoms with Crippen LogP contribution in [0, 0.1) is 0 Å². The average molecular weight is 471 g/mol. The van der Waals surface area contributed by atoms with Gasteiger partial charge in [-0.2, -0.15) is 4.98 Å². The van der Waals surface area contributed by atoms with Crippen molar-refractivity contribution in [2.75, 3.05) is 11.2 Å². The van der Waals surface area contributed by atoms with Gasteiger partial charge in [-0.3, -0.25) is 9.69 Å². The molecule has 0 saturated carbocycles. The van der Waals surface area contributed by atoms with Crippen LogP contribution in [0.25, 0.3) is 11.3 Å². The van der Waals surface area contributed by atoms with Gasteiger partial charge in [0.1, 0.15) is 12.4 Å². The van der Waals surface area contributed by atoms with Crippen molar-refractivity contribution in [1.82, 2.24) is 15.2 Å². The maximum Gasteiger partial charge on any atom is 0.247 e. The van der Waals surface area contributed by atoms with E-state index in [4.69, 9.17) is 9.47 Å². The Hall–Kier alpha value is -3.91.